The van der Waals surface area contributed by atoms with Crippen LogP contribution in [-0.2, 0) is 5.41 Å². The highest BCUT2D eigenvalue weighted by molar-refractivity contribution is 5.86. The van der Waals surface area contributed by atoms with Gasteiger partial charge in [-0.05, 0) is 68.8 Å². The summed E-state index contributed by atoms with van der Waals surface area (Å²) in [6.45, 7) is 9.58. The molecular weight excluding hydrogens is 398 g/mol. The molecule has 0 radical (unpaired) electrons. The van der Waals surface area contributed by atoms with E-state index in [2.05, 4.69) is 123 Å². The van der Waals surface area contributed by atoms with Crippen LogP contribution in [0.2, 0.25) is 0 Å². The van der Waals surface area contributed by atoms with Gasteiger partial charge in [0, 0.05) is 24.7 Å². The Morgan fingerprint density at radius 3 is 2.36 bits per heavy atom. The lowest BCUT2D eigenvalue weighted by Crippen LogP contribution is -2.20. The Hall–Kier alpha value is -3.58. The first-order valence-electron chi connectivity index (χ1n) is 11.8. The van der Waals surface area contributed by atoms with Crippen LogP contribution >= 0.6 is 0 Å². The molecule has 5 rings (SSSR count). The lowest BCUT2D eigenvalue weighted by Gasteiger charge is -2.25. The van der Waals surface area contributed by atoms with E-state index in [0.717, 1.165) is 13.0 Å². The van der Waals surface area contributed by atoms with E-state index in [0.29, 0.717) is 0 Å². The number of fused-ring (bicyclic) bond motifs is 4. The minimum absolute atomic E-state index is 0.0295. The van der Waals surface area contributed by atoms with Gasteiger partial charge in [0.1, 0.15) is 0 Å². The van der Waals surface area contributed by atoms with Crippen molar-refractivity contribution in [3.8, 4) is 11.1 Å². The molecule has 164 valence electrons. The van der Waals surface area contributed by atoms with E-state index in [4.69, 9.17) is 0 Å². The summed E-state index contributed by atoms with van der Waals surface area (Å²) in [6.07, 6.45) is 5.02. The minimum Gasteiger partial charge on any atom is -0.374 e. The van der Waals surface area contributed by atoms with Crippen molar-refractivity contribution >= 4 is 22.0 Å². The predicted octanol–water partition coefficient (Wildman–Crippen LogP) is 8.24. The van der Waals surface area contributed by atoms with Gasteiger partial charge in [-0.2, -0.15) is 0 Å². The van der Waals surface area contributed by atoms with Crippen LogP contribution < -0.4 is 4.90 Å². The van der Waals surface area contributed by atoms with Crippen molar-refractivity contribution in [3.05, 3.63) is 120 Å². The van der Waals surface area contributed by atoms with Crippen LogP contribution in [0.15, 0.2) is 104 Å². The molecule has 0 amide bonds. The molecule has 0 heterocycles. The van der Waals surface area contributed by atoms with Crippen molar-refractivity contribution in [2.24, 2.45) is 0 Å². The third kappa shape index (κ3) is 3.78. The number of hydrogen-bond acceptors (Lipinski definition) is 1. The monoisotopic (exact) mass is 429 g/mol. The highest BCUT2D eigenvalue weighted by Gasteiger charge is 2.35. The van der Waals surface area contributed by atoms with E-state index in [9.17, 15) is 0 Å². The van der Waals surface area contributed by atoms with Crippen LogP contribution in [0.3, 0.4) is 0 Å². The van der Waals surface area contributed by atoms with Gasteiger partial charge in [-0.1, -0.05) is 99.3 Å². The first-order chi connectivity index (χ1) is 16.0. The molecule has 1 aliphatic rings. The smallest absolute Gasteiger partial charge is 0.0367 e. The molecule has 1 heteroatoms. The Labute approximate surface area is 197 Å². The molecule has 0 spiro atoms. The molecular formula is C32H31N. The van der Waals surface area contributed by atoms with Gasteiger partial charge in [0.25, 0.3) is 0 Å². The van der Waals surface area contributed by atoms with E-state index in [1.54, 1.807) is 0 Å². The lowest BCUT2D eigenvalue weighted by molar-refractivity contribution is 0.660. The fourth-order valence-corrected chi connectivity index (χ4v) is 5.20. The third-order valence-electron chi connectivity index (χ3n) is 7.16. The molecule has 0 N–H and O–H groups in total. The second-order valence-electron chi connectivity index (χ2n) is 9.56. The van der Waals surface area contributed by atoms with Crippen molar-refractivity contribution in [2.75, 3.05) is 18.5 Å². The Morgan fingerprint density at radius 2 is 1.55 bits per heavy atom. The van der Waals surface area contributed by atoms with Gasteiger partial charge in [0.15, 0.2) is 0 Å². The largest absolute Gasteiger partial charge is 0.374 e. The lowest BCUT2D eigenvalue weighted by atomic mass is 9.82. The summed E-state index contributed by atoms with van der Waals surface area (Å²) >= 11 is 0. The molecule has 0 aliphatic heterocycles. The summed E-state index contributed by atoms with van der Waals surface area (Å²) in [5, 5.41) is 2.55. The zero-order valence-electron chi connectivity index (χ0n) is 19.8. The summed E-state index contributed by atoms with van der Waals surface area (Å²) in [5.41, 5.74) is 9.48. The summed E-state index contributed by atoms with van der Waals surface area (Å²) in [5.74, 6) is 0. The maximum absolute atomic E-state index is 3.96. The van der Waals surface area contributed by atoms with E-state index in [1.807, 2.05) is 6.08 Å². The predicted molar refractivity (Wildman–Crippen MR) is 144 cm³/mol. The van der Waals surface area contributed by atoms with E-state index in [-0.39, 0.29) is 5.41 Å². The van der Waals surface area contributed by atoms with Gasteiger partial charge in [0.2, 0.25) is 0 Å². The van der Waals surface area contributed by atoms with Crippen molar-refractivity contribution in [2.45, 2.75) is 25.7 Å². The van der Waals surface area contributed by atoms with Crippen LogP contribution in [0.1, 0.15) is 37.0 Å². The third-order valence-corrected chi connectivity index (χ3v) is 7.16. The number of nitrogens with zero attached hydrogens (tertiary/aromatic N) is 1. The van der Waals surface area contributed by atoms with E-state index in [1.165, 1.54) is 49.9 Å². The molecule has 4 aromatic carbocycles. The van der Waals surface area contributed by atoms with Gasteiger partial charge in [-0.25, -0.2) is 0 Å². The second-order valence-corrected chi connectivity index (χ2v) is 9.56. The normalized spacial score (nSPS) is 14.1. The van der Waals surface area contributed by atoms with Gasteiger partial charge >= 0.3 is 0 Å². The zero-order chi connectivity index (χ0) is 23.0. The molecule has 0 aromatic heterocycles. The quantitative estimate of drug-likeness (QED) is 0.279. The fourth-order valence-electron chi connectivity index (χ4n) is 5.20. The van der Waals surface area contributed by atoms with Crippen LogP contribution in [0, 0.1) is 0 Å². The number of benzene rings is 4. The fraction of sp³-hybridized carbons (Fsp3) is 0.188. The first-order valence-corrected chi connectivity index (χ1v) is 11.8. The topological polar surface area (TPSA) is 3.24 Å². The van der Waals surface area contributed by atoms with Crippen molar-refractivity contribution in [1.29, 1.82) is 0 Å². The SMILES string of the molecule is C=C/C=C(\CCN(C)c1ccc2c(c1)C(C)(C)c1ccccc1-2)c1ccc2ccccc2c1. The van der Waals surface area contributed by atoms with Gasteiger partial charge in [-0.3, -0.25) is 0 Å². The van der Waals surface area contributed by atoms with Gasteiger partial charge in [0.05, 0.1) is 0 Å². The Morgan fingerprint density at radius 1 is 0.818 bits per heavy atom. The molecule has 0 saturated carbocycles. The molecule has 0 unspecified atom stereocenters. The van der Waals surface area contributed by atoms with Crippen LogP contribution in [0.25, 0.3) is 27.5 Å². The standard InChI is InChI=1S/C32H31N/c1-5-10-23(26-16-15-24-11-6-7-12-25(24)21-26)19-20-33(4)27-17-18-29-28-13-8-9-14-30(28)32(2,3)31(29)22-27/h5-18,21-22H,1,19-20H2,2-4H3/b23-10+. The van der Waals surface area contributed by atoms with Crippen molar-refractivity contribution < 1.29 is 0 Å². The number of hydrogen-bond donors (Lipinski definition) is 0. The van der Waals surface area contributed by atoms with Crippen molar-refractivity contribution in [3.63, 3.8) is 0 Å². The maximum atomic E-state index is 3.96. The maximum Gasteiger partial charge on any atom is 0.0367 e. The summed E-state index contributed by atoms with van der Waals surface area (Å²) < 4.78 is 0. The Bertz CT molecular complexity index is 1370. The Kier molecular flexibility index (Phi) is 5.42. The summed E-state index contributed by atoms with van der Waals surface area (Å²) in [7, 11) is 2.20. The molecule has 4 aromatic rings. The minimum atomic E-state index is 0.0295. The van der Waals surface area contributed by atoms with Crippen LogP contribution in [0.4, 0.5) is 5.69 Å². The van der Waals surface area contributed by atoms with Crippen molar-refractivity contribution in [1.82, 2.24) is 0 Å². The molecule has 1 aliphatic carbocycles. The highest BCUT2D eigenvalue weighted by Crippen LogP contribution is 2.49. The molecule has 1 nitrogen and oxygen atoms in total. The van der Waals surface area contributed by atoms with Crippen LogP contribution in [0.5, 0.6) is 0 Å². The van der Waals surface area contributed by atoms with E-state index >= 15 is 0 Å². The zero-order valence-corrected chi connectivity index (χ0v) is 19.8. The average Bonchev–Trinajstić information content (AvgIpc) is 3.08. The molecule has 0 fully saturated rings. The Balaban J connectivity index is 1.38. The second kappa shape index (κ2) is 8.41. The molecule has 0 atom stereocenters. The summed E-state index contributed by atoms with van der Waals surface area (Å²) in [6, 6.07) is 31.1. The van der Waals surface area contributed by atoms with E-state index < -0.39 is 0 Å². The average molecular weight is 430 g/mol. The number of allylic oxidation sites excluding steroid dienone is 2. The van der Waals surface area contributed by atoms with Crippen LogP contribution in [-0.4, -0.2) is 13.6 Å². The number of anilines is 1. The molecule has 33 heavy (non-hydrogen) atoms. The first kappa shape index (κ1) is 21.3. The highest BCUT2D eigenvalue weighted by atomic mass is 15.1. The van der Waals surface area contributed by atoms with Gasteiger partial charge < -0.3 is 4.90 Å². The number of rotatable bonds is 6. The van der Waals surface area contributed by atoms with Gasteiger partial charge in [-0.15, -0.1) is 0 Å². The molecule has 0 saturated heterocycles. The summed E-state index contributed by atoms with van der Waals surface area (Å²) in [4.78, 5) is 2.37. The molecule has 0 bridgehead atoms.